The lowest BCUT2D eigenvalue weighted by Crippen LogP contribution is -2.27. The molecule has 0 atom stereocenters. The molecule has 1 aromatic carbocycles. The Hall–Kier alpha value is -1.22. The van der Waals surface area contributed by atoms with Gasteiger partial charge < -0.3 is 10.6 Å². The van der Waals surface area contributed by atoms with Crippen molar-refractivity contribution in [3.63, 3.8) is 0 Å². The van der Waals surface area contributed by atoms with Crippen LogP contribution in [0.15, 0.2) is 18.2 Å². The standard InChI is InChI=1S/C11H15ClN2O/c1-3-6-14(2)11(15)9-5-4-8(13)7-10(9)12/h4-5,7H,3,6,13H2,1-2H3. The zero-order valence-corrected chi connectivity index (χ0v) is 9.71. The molecule has 0 spiro atoms. The van der Waals surface area contributed by atoms with E-state index in [4.69, 9.17) is 17.3 Å². The minimum atomic E-state index is -0.0677. The van der Waals surface area contributed by atoms with Crippen LogP contribution in [0.25, 0.3) is 0 Å². The van der Waals surface area contributed by atoms with Gasteiger partial charge in [-0.3, -0.25) is 4.79 Å². The third kappa shape index (κ3) is 2.86. The lowest BCUT2D eigenvalue weighted by atomic mass is 10.2. The number of hydrogen-bond donors (Lipinski definition) is 1. The van der Waals surface area contributed by atoms with Crippen molar-refractivity contribution in [3.8, 4) is 0 Å². The van der Waals surface area contributed by atoms with Gasteiger partial charge in [0, 0.05) is 19.3 Å². The van der Waals surface area contributed by atoms with Crippen LogP contribution in [0.1, 0.15) is 23.7 Å². The van der Waals surface area contributed by atoms with Crippen molar-refractivity contribution in [3.05, 3.63) is 28.8 Å². The van der Waals surface area contributed by atoms with Crippen molar-refractivity contribution in [1.29, 1.82) is 0 Å². The number of halogens is 1. The van der Waals surface area contributed by atoms with Crippen molar-refractivity contribution >= 4 is 23.2 Å². The Morgan fingerprint density at radius 2 is 2.20 bits per heavy atom. The van der Waals surface area contributed by atoms with Gasteiger partial charge in [0.15, 0.2) is 0 Å². The summed E-state index contributed by atoms with van der Waals surface area (Å²) >= 11 is 5.94. The molecule has 0 saturated heterocycles. The number of rotatable bonds is 3. The smallest absolute Gasteiger partial charge is 0.255 e. The van der Waals surface area contributed by atoms with E-state index in [0.717, 1.165) is 13.0 Å². The van der Waals surface area contributed by atoms with Gasteiger partial charge in [0.25, 0.3) is 5.91 Å². The summed E-state index contributed by atoms with van der Waals surface area (Å²) in [5.74, 6) is -0.0677. The van der Waals surface area contributed by atoms with E-state index in [2.05, 4.69) is 0 Å². The summed E-state index contributed by atoms with van der Waals surface area (Å²) in [5.41, 5.74) is 6.62. The summed E-state index contributed by atoms with van der Waals surface area (Å²) < 4.78 is 0. The Morgan fingerprint density at radius 1 is 1.53 bits per heavy atom. The van der Waals surface area contributed by atoms with Crippen LogP contribution in [-0.4, -0.2) is 24.4 Å². The molecule has 0 bridgehead atoms. The zero-order valence-electron chi connectivity index (χ0n) is 8.96. The second-order valence-electron chi connectivity index (χ2n) is 3.47. The fourth-order valence-corrected chi connectivity index (χ4v) is 1.62. The van der Waals surface area contributed by atoms with Gasteiger partial charge in [-0.15, -0.1) is 0 Å². The number of nitrogen functional groups attached to an aromatic ring is 1. The molecule has 1 rings (SSSR count). The Bertz CT molecular complexity index is 366. The molecular weight excluding hydrogens is 212 g/mol. The minimum absolute atomic E-state index is 0.0677. The molecule has 0 aliphatic carbocycles. The molecule has 4 heteroatoms. The summed E-state index contributed by atoms with van der Waals surface area (Å²) in [6.45, 7) is 2.74. The van der Waals surface area contributed by atoms with Crippen molar-refractivity contribution in [2.24, 2.45) is 0 Å². The number of benzene rings is 1. The molecular formula is C11H15ClN2O. The van der Waals surface area contributed by atoms with Crippen molar-refractivity contribution in [2.45, 2.75) is 13.3 Å². The maximum absolute atomic E-state index is 11.9. The molecule has 3 nitrogen and oxygen atoms in total. The average Bonchev–Trinajstić information content (AvgIpc) is 2.17. The first-order chi connectivity index (χ1) is 7.06. The van der Waals surface area contributed by atoms with E-state index >= 15 is 0 Å². The number of amides is 1. The quantitative estimate of drug-likeness (QED) is 0.805. The Morgan fingerprint density at radius 3 is 2.73 bits per heavy atom. The number of nitrogens with two attached hydrogens (primary N) is 1. The van der Waals surface area contributed by atoms with Crippen LogP contribution < -0.4 is 5.73 Å². The Balaban J connectivity index is 2.91. The number of carbonyl (C=O) groups excluding carboxylic acids is 1. The third-order valence-electron chi connectivity index (χ3n) is 2.13. The van der Waals surface area contributed by atoms with Crippen LogP contribution in [0.4, 0.5) is 5.69 Å². The SMILES string of the molecule is CCCN(C)C(=O)c1ccc(N)cc1Cl. The molecule has 0 aliphatic rings. The molecule has 1 aromatic rings. The summed E-state index contributed by atoms with van der Waals surface area (Å²) in [6, 6.07) is 4.93. The first-order valence-corrected chi connectivity index (χ1v) is 5.24. The molecule has 0 saturated carbocycles. The van der Waals surface area contributed by atoms with Crippen molar-refractivity contribution in [2.75, 3.05) is 19.3 Å². The first-order valence-electron chi connectivity index (χ1n) is 4.86. The highest BCUT2D eigenvalue weighted by Gasteiger charge is 2.14. The minimum Gasteiger partial charge on any atom is -0.399 e. The van der Waals surface area contributed by atoms with Crippen LogP contribution >= 0.6 is 11.6 Å². The van der Waals surface area contributed by atoms with E-state index < -0.39 is 0 Å². The molecule has 15 heavy (non-hydrogen) atoms. The molecule has 0 unspecified atom stereocenters. The lowest BCUT2D eigenvalue weighted by molar-refractivity contribution is 0.0795. The highest BCUT2D eigenvalue weighted by Crippen LogP contribution is 2.20. The molecule has 0 aromatic heterocycles. The van der Waals surface area contributed by atoms with Crippen molar-refractivity contribution < 1.29 is 4.79 Å². The molecule has 0 heterocycles. The van der Waals surface area contributed by atoms with Crippen LogP contribution in [0, 0.1) is 0 Å². The first kappa shape index (κ1) is 11.9. The maximum Gasteiger partial charge on any atom is 0.255 e. The van der Waals surface area contributed by atoms with E-state index in [1.807, 2.05) is 6.92 Å². The predicted molar refractivity (Wildman–Crippen MR) is 63.1 cm³/mol. The number of carbonyl (C=O) groups is 1. The number of hydrogen-bond acceptors (Lipinski definition) is 2. The maximum atomic E-state index is 11.9. The van der Waals surface area contributed by atoms with E-state index in [1.54, 1.807) is 30.1 Å². The molecule has 2 N–H and O–H groups in total. The lowest BCUT2D eigenvalue weighted by Gasteiger charge is -2.16. The van der Waals surface area contributed by atoms with Gasteiger partial charge >= 0.3 is 0 Å². The van der Waals surface area contributed by atoms with Gasteiger partial charge in [0.05, 0.1) is 10.6 Å². The van der Waals surface area contributed by atoms with Gasteiger partial charge in [0.2, 0.25) is 0 Å². The summed E-state index contributed by atoms with van der Waals surface area (Å²) in [4.78, 5) is 13.5. The summed E-state index contributed by atoms with van der Waals surface area (Å²) in [5, 5.41) is 0.406. The fourth-order valence-electron chi connectivity index (χ4n) is 1.35. The molecule has 0 aliphatic heterocycles. The molecule has 0 fully saturated rings. The van der Waals surface area contributed by atoms with Gasteiger partial charge in [0.1, 0.15) is 0 Å². The van der Waals surface area contributed by atoms with Gasteiger partial charge in [-0.1, -0.05) is 18.5 Å². The van der Waals surface area contributed by atoms with Crippen LogP contribution in [-0.2, 0) is 0 Å². The normalized spacial score (nSPS) is 10.1. The molecule has 82 valence electrons. The largest absolute Gasteiger partial charge is 0.399 e. The van der Waals surface area contributed by atoms with E-state index in [0.29, 0.717) is 16.3 Å². The highest BCUT2D eigenvalue weighted by atomic mass is 35.5. The third-order valence-corrected chi connectivity index (χ3v) is 2.44. The average molecular weight is 227 g/mol. The number of nitrogens with zero attached hydrogens (tertiary/aromatic N) is 1. The van der Waals surface area contributed by atoms with Crippen molar-refractivity contribution in [1.82, 2.24) is 4.90 Å². The monoisotopic (exact) mass is 226 g/mol. The second kappa shape index (κ2) is 5.03. The van der Waals surface area contributed by atoms with Crippen LogP contribution in [0.5, 0.6) is 0 Å². The topological polar surface area (TPSA) is 46.3 Å². The summed E-state index contributed by atoms with van der Waals surface area (Å²) in [6.07, 6.45) is 0.925. The van der Waals surface area contributed by atoms with Gasteiger partial charge in [-0.25, -0.2) is 0 Å². The van der Waals surface area contributed by atoms with Gasteiger partial charge in [-0.2, -0.15) is 0 Å². The van der Waals surface area contributed by atoms with E-state index in [-0.39, 0.29) is 5.91 Å². The Labute approximate surface area is 94.8 Å². The molecule has 0 radical (unpaired) electrons. The van der Waals surface area contributed by atoms with E-state index in [1.165, 1.54) is 0 Å². The highest BCUT2D eigenvalue weighted by molar-refractivity contribution is 6.34. The molecule has 1 amide bonds. The second-order valence-corrected chi connectivity index (χ2v) is 3.87. The van der Waals surface area contributed by atoms with Gasteiger partial charge in [-0.05, 0) is 24.6 Å². The van der Waals surface area contributed by atoms with Crippen LogP contribution in [0.2, 0.25) is 5.02 Å². The number of anilines is 1. The predicted octanol–water partition coefficient (Wildman–Crippen LogP) is 2.40. The summed E-state index contributed by atoms with van der Waals surface area (Å²) in [7, 11) is 1.76. The fraction of sp³-hybridized carbons (Fsp3) is 0.364. The zero-order chi connectivity index (χ0) is 11.4. The Kier molecular flexibility index (Phi) is 3.97. The van der Waals surface area contributed by atoms with E-state index in [9.17, 15) is 4.79 Å². The van der Waals surface area contributed by atoms with Crippen LogP contribution in [0.3, 0.4) is 0 Å².